The molecular weight excluding hydrogens is 376 g/mol. The minimum atomic E-state index is -3.26. The second-order valence-electron chi connectivity index (χ2n) is 7.97. The molecule has 1 saturated heterocycles. The Labute approximate surface area is 146 Å². The van der Waals surface area contributed by atoms with E-state index in [9.17, 15) is 8.42 Å². The zero-order chi connectivity index (χ0) is 16.5. The lowest BCUT2D eigenvalue weighted by Gasteiger charge is -2.50. The molecule has 1 N–H and O–H groups in total. The molecule has 1 aromatic rings. The largest absolute Gasteiger partial charge is 0.225 e. The van der Waals surface area contributed by atoms with E-state index in [0.29, 0.717) is 18.5 Å². The lowest BCUT2D eigenvalue weighted by atomic mass is 9.68. The van der Waals surface area contributed by atoms with Crippen LogP contribution < -0.4 is 4.83 Å². The Morgan fingerprint density at radius 1 is 1.30 bits per heavy atom. The van der Waals surface area contributed by atoms with Gasteiger partial charge in [0.25, 0.3) is 0 Å². The van der Waals surface area contributed by atoms with Gasteiger partial charge < -0.3 is 0 Å². The van der Waals surface area contributed by atoms with Crippen LogP contribution in [0.5, 0.6) is 0 Å². The van der Waals surface area contributed by atoms with Crippen LogP contribution >= 0.6 is 15.9 Å². The van der Waals surface area contributed by atoms with E-state index >= 15 is 0 Å². The van der Waals surface area contributed by atoms with Crippen LogP contribution in [0.25, 0.3) is 0 Å². The van der Waals surface area contributed by atoms with Crippen LogP contribution in [0.15, 0.2) is 28.7 Å². The number of halogens is 1. The van der Waals surface area contributed by atoms with Gasteiger partial charge in [0.15, 0.2) is 0 Å². The molecule has 1 aliphatic heterocycles. The van der Waals surface area contributed by atoms with Gasteiger partial charge in [0.05, 0.1) is 5.75 Å². The Hall–Kier alpha value is -0.430. The zero-order valence-corrected chi connectivity index (χ0v) is 16.0. The molecule has 2 saturated carbocycles. The number of nitrogens with zero attached hydrogens (tertiary/aromatic N) is 1. The highest BCUT2D eigenvalue weighted by Crippen LogP contribution is 2.68. The average molecular weight is 399 g/mol. The molecule has 2 bridgehead atoms. The maximum atomic E-state index is 12.6. The molecule has 126 valence electrons. The number of hydrogen-bond acceptors (Lipinski definition) is 3. The fourth-order valence-electron chi connectivity index (χ4n) is 5.35. The predicted octanol–water partition coefficient (Wildman–Crippen LogP) is 3.29. The first kappa shape index (κ1) is 16.1. The molecule has 3 atom stereocenters. The van der Waals surface area contributed by atoms with Crippen LogP contribution in [0.2, 0.25) is 0 Å². The summed E-state index contributed by atoms with van der Waals surface area (Å²) in [6.45, 7) is 5.19. The van der Waals surface area contributed by atoms with Crippen LogP contribution in [0, 0.1) is 16.7 Å². The lowest BCUT2D eigenvalue weighted by Crippen LogP contribution is -2.63. The van der Waals surface area contributed by atoms with Gasteiger partial charge in [-0.25, -0.2) is 13.4 Å². The number of nitrogens with one attached hydrogen (secondary N) is 1. The third-order valence-corrected chi connectivity index (χ3v) is 8.67. The van der Waals surface area contributed by atoms with E-state index in [4.69, 9.17) is 0 Å². The summed E-state index contributed by atoms with van der Waals surface area (Å²) in [6.07, 6.45) is 3.31. The highest BCUT2D eigenvalue weighted by atomic mass is 79.9. The molecule has 1 spiro atoms. The van der Waals surface area contributed by atoms with Crippen LogP contribution in [0.4, 0.5) is 0 Å². The number of fused-ring (bicyclic) bond motifs is 1. The molecule has 0 unspecified atom stereocenters. The lowest BCUT2D eigenvalue weighted by molar-refractivity contribution is 0.0119. The summed E-state index contributed by atoms with van der Waals surface area (Å²) in [5.41, 5.74) is 1.13. The van der Waals surface area contributed by atoms with Gasteiger partial charge in [0.1, 0.15) is 0 Å². The van der Waals surface area contributed by atoms with Crippen molar-refractivity contribution >= 4 is 26.0 Å². The highest BCUT2D eigenvalue weighted by molar-refractivity contribution is 9.10. The zero-order valence-electron chi connectivity index (χ0n) is 13.5. The molecule has 0 aromatic heterocycles. The summed E-state index contributed by atoms with van der Waals surface area (Å²) in [5.74, 6) is 0.917. The first-order chi connectivity index (χ1) is 10.7. The Kier molecular flexibility index (Phi) is 3.52. The van der Waals surface area contributed by atoms with Crippen LogP contribution in [0.3, 0.4) is 0 Å². The van der Waals surface area contributed by atoms with E-state index in [1.54, 1.807) is 0 Å². The van der Waals surface area contributed by atoms with Crippen molar-refractivity contribution in [1.29, 1.82) is 0 Å². The van der Waals surface area contributed by atoms with E-state index < -0.39 is 10.0 Å². The molecule has 0 amide bonds. The monoisotopic (exact) mass is 398 g/mol. The first-order valence-electron chi connectivity index (χ1n) is 8.25. The molecule has 3 fully saturated rings. The predicted molar refractivity (Wildman–Crippen MR) is 94.0 cm³/mol. The number of hydrogen-bond donors (Lipinski definition) is 1. The Morgan fingerprint density at radius 3 is 2.65 bits per heavy atom. The SMILES string of the molecule is CC1(C)[C@@H]2CC[C@]13CS(=O)(=O)NN(Cc1ccc(Br)cc1)[C@@H]3C2. The molecule has 2 aliphatic carbocycles. The van der Waals surface area contributed by atoms with Crippen molar-refractivity contribution in [3.05, 3.63) is 34.3 Å². The molecule has 23 heavy (non-hydrogen) atoms. The van der Waals surface area contributed by atoms with Crippen molar-refractivity contribution in [3.63, 3.8) is 0 Å². The summed E-state index contributed by atoms with van der Waals surface area (Å²) >= 11 is 3.45. The van der Waals surface area contributed by atoms with Crippen molar-refractivity contribution in [2.24, 2.45) is 16.7 Å². The fourth-order valence-corrected chi connectivity index (χ4v) is 7.61. The molecule has 1 aromatic carbocycles. The van der Waals surface area contributed by atoms with Crippen molar-refractivity contribution in [2.45, 2.75) is 45.7 Å². The molecule has 0 radical (unpaired) electrons. The minimum Gasteiger partial charge on any atom is -0.223 e. The molecule has 6 heteroatoms. The third-order valence-electron chi connectivity index (χ3n) is 6.73. The van der Waals surface area contributed by atoms with Gasteiger partial charge in [-0.05, 0) is 48.3 Å². The summed E-state index contributed by atoms with van der Waals surface area (Å²) < 4.78 is 26.2. The molecule has 4 rings (SSSR count). The Morgan fingerprint density at radius 2 is 2.00 bits per heavy atom. The van der Waals surface area contributed by atoms with Gasteiger partial charge >= 0.3 is 0 Å². The molecular formula is C17H23BrN2O2S. The molecule has 3 aliphatic rings. The van der Waals surface area contributed by atoms with Crippen LogP contribution in [-0.4, -0.2) is 25.2 Å². The van der Waals surface area contributed by atoms with E-state index in [2.05, 4.69) is 46.7 Å². The van der Waals surface area contributed by atoms with Crippen molar-refractivity contribution in [1.82, 2.24) is 9.84 Å². The van der Waals surface area contributed by atoms with Crippen molar-refractivity contribution in [2.75, 3.05) is 5.75 Å². The summed E-state index contributed by atoms with van der Waals surface area (Å²) in [6, 6.07) is 8.43. The van der Waals surface area contributed by atoms with Gasteiger partial charge in [0, 0.05) is 22.5 Å². The maximum absolute atomic E-state index is 12.6. The second-order valence-corrected chi connectivity index (χ2v) is 10.6. The van der Waals surface area contributed by atoms with Gasteiger partial charge in [0.2, 0.25) is 10.0 Å². The van der Waals surface area contributed by atoms with E-state index in [1.165, 1.54) is 6.42 Å². The molecule has 4 nitrogen and oxygen atoms in total. The van der Waals surface area contributed by atoms with Crippen molar-refractivity contribution in [3.8, 4) is 0 Å². The smallest absolute Gasteiger partial charge is 0.223 e. The fraction of sp³-hybridized carbons (Fsp3) is 0.647. The summed E-state index contributed by atoms with van der Waals surface area (Å²) in [5, 5.41) is 2.00. The van der Waals surface area contributed by atoms with Crippen molar-refractivity contribution < 1.29 is 8.42 Å². The third kappa shape index (κ3) is 2.33. The summed E-state index contributed by atoms with van der Waals surface area (Å²) in [4.78, 5) is 2.84. The topological polar surface area (TPSA) is 49.4 Å². The normalized spacial score (nSPS) is 37.7. The van der Waals surface area contributed by atoms with Gasteiger partial charge in [-0.15, -0.1) is 4.83 Å². The second kappa shape index (κ2) is 5.04. The maximum Gasteiger partial charge on any atom is 0.225 e. The average Bonchev–Trinajstić information content (AvgIpc) is 2.82. The number of rotatable bonds is 2. The first-order valence-corrected chi connectivity index (χ1v) is 10.7. The standard InChI is InChI=1S/C17H23BrN2O2S/c1-16(2)13-7-8-17(16)11-23(21,22)19-20(15(17)9-13)10-12-3-5-14(18)6-4-12/h3-6,13,15,19H,7-11H2,1-2H3/t13-,15-,17-/m1/s1. The quantitative estimate of drug-likeness (QED) is 0.831. The Bertz CT molecular complexity index is 731. The Balaban J connectivity index is 1.69. The number of hydrazine groups is 1. The van der Waals surface area contributed by atoms with Gasteiger partial charge in [-0.3, -0.25) is 0 Å². The van der Waals surface area contributed by atoms with E-state index in [1.807, 2.05) is 17.1 Å². The molecule has 1 heterocycles. The number of benzene rings is 1. The minimum absolute atomic E-state index is 0.100. The summed E-state index contributed by atoms with van der Waals surface area (Å²) in [7, 11) is -3.26. The van der Waals surface area contributed by atoms with Gasteiger partial charge in [-0.1, -0.05) is 41.9 Å². The van der Waals surface area contributed by atoms with Gasteiger partial charge in [-0.2, -0.15) is 0 Å². The number of sulfonamides is 1. The van der Waals surface area contributed by atoms with Crippen LogP contribution in [0.1, 0.15) is 38.7 Å². The highest BCUT2D eigenvalue weighted by Gasteiger charge is 2.68. The van der Waals surface area contributed by atoms with E-state index in [-0.39, 0.29) is 16.6 Å². The van der Waals surface area contributed by atoms with E-state index in [0.717, 1.165) is 22.9 Å². The van der Waals surface area contributed by atoms with Crippen LogP contribution in [-0.2, 0) is 16.6 Å².